The van der Waals surface area contributed by atoms with E-state index >= 15 is 0 Å². The van der Waals surface area contributed by atoms with E-state index in [0.717, 1.165) is 35.1 Å². The first-order chi connectivity index (χ1) is 13.7. The number of amides is 2. The molecule has 0 bridgehead atoms. The van der Waals surface area contributed by atoms with Crippen LogP contribution in [0.1, 0.15) is 24.0 Å². The Morgan fingerprint density at radius 3 is 2.89 bits per heavy atom. The molecule has 1 aliphatic heterocycles. The van der Waals surface area contributed by atoms with Gasteiger partial charge in [-0.05, 0) is 66.8 Å². The van der Waals surface area contributed by atoms with E-state index in [1.807, 2.05) is 36.4 Å². The number of nitrogens with zero attached hydrogens (tertiary/aromatic N) is 2. The summed E-state index contributed by atoms with van der Waals surface area (Å²) in [4.78, 5) is 31.5. The molecule has 1 saturated heterocycles. The Bertz CT molecular complexity index is 1090. The van der Waals surface area contributed by atoms with Crippen LogP contribution in [-0.4, -0.2) is 23.3 Å². The molecule has 5 rings (SSSR count). The molecule has 5 nitrogen and oxygen atoms in total. The van der Waals surface area contributed by atoms with Crippen LogP contribution in [0.15, 0.2) is 54.7 Å². The van der Waals surface area contributed by atoms with E-state index in [2.05, 4.69) is 22.4 Å². The molecule has 2 heterocycles. The van der Waals surface area contributed by atoms with Crippen molar-refractivity contribution in [2.45, 2.75) is 25.7 Å². The second-order valence-corrected chi connectivity index (χ2v) is 7.58. The Morgan fingerprint density at radius 1 is 1.07 bits per heavy atom. The van der Waals surface area contributed by atoms with Gasteiger partial charge in [-0.1, -0.05) is 12.1 Å². The second-order valence-electron chi connectivity index (χ2n) is 7.58. The fourth-order valence-electron chi connectivity index (χ4n) is 4.31. The van der Waals surface area contributed by atoms with Gasteiger partial charge in [0.1, 0.15) is 0 Å². The van der Waals surface area contributed by atoms with Gasteiger partial charge in [0.05, 0.1) is 17.1 Å². The number of anilines is 2. The maximum absolute atomic E-state index is 12.9. The highest BCUT2D eigenvalue weighted by Crippen LogP contribution is 2.31. The lowest BCUT2D eigenvalue weighted by molar-refractivity contribution is -0.122. The number of nitrogens with one attached hydrogen (secondary N) is 1. The molecule has 1 aromatic heterocycles. The first-order valence-corrected chi connectivity index (χ1v) is 9.76. The minimum Gasteiger partial charge on any atom is -0.325 e. The standard InChI is InChI=1S/C23H21N3O2/c27-22-13-17(14-26(22)18-10-9-15-4-1-5-16(15)12-18)23(28)25-21-8-2-7-20-19(21)6-3-11-24-20/h2-3,6-12,17H,1,4-5,13-14H2,(H,25,28). The molecule has 28 heavy (non-hydrogen) atoms. The predicted molar refractivity (Wildman–Crippen MR) is 109 cm³/mol. The number of carbonyl (C=O) groups is 2. The Kier molecular flexibility index (Phi) is 4.08. The van der Waals surface area contributed by atoms with E-state index in [1.165, 1.54) is 17.5 Å². The molecule has 3 aromatic rings. The van der Waals surface area contributed by atoms with E-state index in [4.69, 9.17) is 0 Å². The molecule has 1 unspecified atom stereocenters. The SMILES string of the molecule is O=C(Nc1cccc2ncccc12)C1CC(=O)N(c2ccc3c(c2)CCC3)C1. The van der Waals surface area contributed by atoms with Crippen LogP contribution >= 0.6 is 0 Å². The van der Waals surface area contributed by atoms with Crippen molar-refractivity contribution in [2.75, 3.05) is 16.8 Å². The normalized spacial score (nSPS) is 18.5. The molecule has 2 aromatic carbocycles. The molecule has 0 saturated carbocycles. The third-order valence-electron chi connectivity index (χ3n) is 5.79. The number of rotatable bonds is 3. The molecule has 1 fully saturated rings. The van der Waals surface area contributed by atoms with Crippen molar-refractivity contribution in [3.8, 4) is 0 Å². The van der Waals surface area contributed by atoms with E-state index in [0.29, 0.717) is 6.54 Å². The van der Waals surface area contributed by atoms with Gasteiger partial charge < -0.3 is 10.2 Å². The minimum absolute atomic E-state index is 0.0117. The van der Waals surface area contributed by atoms with Crippen LogP contribution in [0.25, 0.3) is 10.9 Å². The zero-order valence-electron chi connectivity index (χ0n) is 15.5. The molecule has 0 spiro atoms. The highest BCUT2D eigenvalue weighted by Gasteiger charge is 2.35. The molecule has 140 valence electrons. The summed E-state index contributed by atoms with van der Waals surface area (Å²) < 4.78 is 0. The van der Waals surface area contributed by atoms with Crippen LogP contribution in [0.5, 0.6) is 0 Å². The van der Waals surface area contributed by atoms with Crippen LogP contribution in [-0.2, 0) is 22.4 Å². The molecule has 1 atom stereocenters. The van der Waals surface area contributed by atoms with E-state index < -0.39 is 0 Å². The Balaban J connectivity index is 1.34. The smallest absolute Gasteiger partial charge is 0.229 e. The maximum atomic E-state index is 12.9. The van der Waals surface area contributed by atoms with Crippen molar-refractivity contribution in [3.63, 3.8) is 0 Å². The van der Waals surface area contributed by atoms with Gasteiger partial charge in [-0.25, -0.2) is 0 Å². The number of aryl methyl sites for hydroxylation is 2. The number of benzene rings is 2. The van der Waals surface area contributed by atoms with Gasteiger partial charge in [0.2, 0.25) is 11.8 Å². The number of fused-ring (bicyclic) bond motifs is 2. The Hall–Kier alpha value is -3.21. The Morgan fingerprint density at radius 2 is 1.96 bits per heavy atom. The lowest BCUT2D eigenvalue weighted by Gasteiger charge is -2.18. The summed E-state index contributed by atoms with van der Waals surface area (Å²) in [6.45, 7) is 0.423. The van der Waals surface area contributed by atoms with Gasteiger partial charge >= 0.3 is 0 Å². The summed E-state index contributed by atoms with van der Waals surface area (Å²) in [6.07, 6.45) is 5.35. The third-order valence-corrected chi connectivity index (χ3v) is 5.79. The molecule has 0 radical (unpaired) electrons. The lowest BCUT2D eigenvalue weighted by atomic mass is 10.1. The molecular formula is C23H21N3O2. The summed E-state index contributed by atoms with van der Waals surface area (Å²) in [5.74, 6) is -0.460. The van der Waals surface area contributed by atoms with Crippen molar-refractivity contribution >= 4 is 34.1 Å². The third kappa shape index (κ3) is 2.93. The van der Waals surface area contributed by atoms with Gasteiger partial charge in [-0.2, -0.15) is 0 Å². The van der Waals surface area contributed by atoms with Crippen LogP contribution in [0.3, 0.4) is 0 Å². The first kappa shape index (κ1) is 16.9. The fourth-order valence-corrected chi connectivity index (χ4v) is 4.31. The monoisotopic (exact) mass is 371 g/mol. The fraction of sp³-hybridized carbons (Fsp3) is 0.261. The molecule has 1 aliphatic carbocycles. The molecule has 5 heteroatoms. The average molecular weight is 371 g/mol. The van der Waals surface area contributed by atoms with Gasteiger partial charge in [-0.15, -0.1) is 0 Å². The van der Waals surface area contributed by atoms with Crippen molar-refractivity contribution in [1.82, 2.24) is 4.98 Å². The Labute approximate surface area is 163 Å². The van der Waals surface area contributed by atoms with Crippen LogP contribution < -0.4 is 10.2 Å². The van der Waals surface area contributed by atoms with Crippen molar-refractivity contribution in [3.05, 3.63) is 65.9 Å². The molecule has 2 aliphatic rings. The lowest BCUT2D eigenvalue weighted by Crippen LogP contribution is -2.28. The van der Waals surface area contributed by atoms with Gasteiger partial charge in [0.25, 0.3) is 0 Å². The number of hydrogen-bond acceptors (Lipinski definition) is 3. The van der Waals surface area contributed by atoms with E-state index in [9.17, 15) is 9.59 Å². The summed E-state index contributed by atoms with van der Waals surface area (Å²) >= 11 is 0. The topological polar surface area (TPSA) is 62.3 Å². The highest BCUT2D eigenvalue weighted by atomic mass is 16.2. The highest BCUT2D eigenvalue weighted by molar-refractivity contribution is 6.06. The zero-order chi connectivity index (χ0) is 19.1. The van der Waals surface area contributed by atoms with Gasteiger partial charge in [0.15, 0.2) is 0 Å². The summed E-state index contributed by atoms with van der Waals surface area (Å²) in [7, 11) is 0. The van der Waals surface area contributed by atoms with E-state index in [1.54, 1.807) is 11.1 Å². The number of carbonyl (C=O) groups excluding carboxylic acids is 2. The number of pyridine rings is 1. The van der Waals surface area contributed by atoms with Crippen LogP contribution in [0.4, 0.5) is 11.4 Å². The molecule has 2 amide bonds. The molecule has 1 N–H and O–H groups in total. The van der Waals surface area contributed by atoms with Gasteiger partial charge in [-0.3, -0.25) is 14.6 Å². The van der Waals surface area contributed by atoms with Crippen LogP contribution in [0, 0.1) is 5.92 Å². The second kappa shape index (κ2) is 6.75. The van der Waals surface area contributed by atoms with Crippen molar-refractivity contribution in [2.24, 2.45) is 5.92 Å². The first-order valence-electron chi connectivity index (χ1n) is 9.76. The largest absolute Gasteiger partial charge is 0.325 e. The zero-order valence-corrected chi connectivity index (χ0v) is 15.5. The summed E-state index contributed by atoms with van der Waals surface area (Å²) in [5, 5.41) is 3.90. The number of aromatic nitrogens is 1. The average Bonchev–Trinajstić information content (AvgIpc) is 3.34. The predicted octanol–water partition coefficient (Wildman–Crippen LogP) is 3.72. The quantitative estimate of drug-likeness (QED) is 0.763. The van der Waals surface area contributed by atoms with Gasteiger partial charge in [0, 0.05) is 30.2 Å². The van der Waals surface area contributed by atoms with Crippen molar-refractivity contribution in [1.29, 1.82) is 0 Å². The molecular weight excluding hydrogens is 350 g/mol. The number of hydrogen-bond donors (Lipinski definition) is 1. The minimum atomic E-state index is -0.354. The summed E-state index contributed by atoms with van der Waals surface area (Å²) in [6, 6.07) is 15.7. The maximum Gasteiger partial charge on any atom is 0.229 e. The van der Waals surface area contributed by atoms with Crippen LogP contribution in [0.2, 0.25) is 0 Å². The van der Waals surface area contributed by atoms with E-state index in [-0.39, 0.29) is 24.2 Å². The van der Waals surface area contributed by atoms with Crippen molar-refractivity contribution < 1.29 is 9.59 Å². The summed E-state index contributed by atoms with van der Waals surface area (Å²) in [5.41, 5.74) is 5.20.